The van der Waals surface area contributed by atoms with Crippen molar-refractivity contribution in [2.24, 2.45) is 0 Å². The van der Waals surface area contributed by atoms with Gasteiger partial charge in [0.05, 0.1) is 25.7 Å². The van der Waals surface area contributed by atoms with Crippen molar-refractivity contribution in [3.8, 4) is 0 Å². The third-order valence-corrected chi connectivity index (χ3v) is 3.67. The minimum atomic E-state index is 0.139. The van der Waals surface area contributed by atoms with E-state index >= 15 is 0 Å². The van der Waals surface area contributed by atoms with E-state index < -0.39 is 0 Å². The minimum absolute atomic E-state index is 0.139. The Kier molecular flexibility index (Phi) is 3.61. The number of aliphatic hydroxyl groups is 1. The number of aromatic amines is 1. The molecule has 3 N–H and O–H groups in total. The molecule has 102 valence electrons. The number of nitrogens with one attached hydrogen (secondary N) is 2. The highest BCUT2D eigenvalue weighted by Gasteiger charge is 2.23. The zero-order chi connectivity index (χ0) is 13.1. The molecule has 0 saturated carbocycles. The van der Waals surface area contributed by atoms with Crippen LogP contribution in [0.3, 0.4) is 0 Å². The maximum Gasteiger partial charge on any atom is 0.0922 e. The van der Waals surface area contributed by atoms with Gasteiger partial charge < -0.3 is 15.4 Å². The first kappa shape index (κ1) is 12.4. The van der Waals surface area contributed by atoms with Gasteiger partial charge in [0.2, 0.25) is 0 Å². The fraction of sp³-hybridized carbons (Fsp3) is 0.538. The van der Waals surface area contributed by atoms with Crippen LogP contribution in [0.1, 0.15) is 35.8 Å². The Morgan fingerprint density at radius 3 is 3.21 bits per heavy atom. The van der Waals surface area contributed by atoms with Crippen molar-refractivity contribution in [1.82, 2.24) is 25.1 Å². The Morgan fingerprint density at radius 2 is 2.42 bits per heavy atom. The number of nitrogens with zero attached hydrogens (tertiary/aromatic N) is 3. The molecule has 3 rings (SSSR count). The van der Waals surface area contributed by atoms with Gasteiger partial charge in [-0.2, -0.15) is 5.10 Å². The first-order valence-electron chi connectivity index (χ1n) is 6.74. The van der Waals surface area contributed by atoms with E-state index in [1.165, 1.54) is 11.3 Å². The van der Waals surface area contributed by atoms with Crippen LogP contribution in [-0.4, -0.2) is 31.5 Å². The molecule has 2 aromatic rings. The highest BCUT2D eigenvalue weighted by molar-refractivity contribution is 5.25. The molecule has 0 fully saturated rings. The van der Waals surface area contributed by atoms with Crippen molar-refractivity contribution in [3.05, 3.63) is 35.7 Å². The number of H-pyrrole nitrogens is 1. The molecule has 0 radical (unpaired) electrons. The lowest BCUT2D eigenvalue weighted by atomic mass is 9.93. The molecule has 1 aliphatic carbocycles. The van der Waals surface area contributed by atoms with E-state index in [9.17, 15) is 0 Å². The average molecular weight is 261 g/mol. The number of aliphatic hydroxyl groups excluding tert-OH is 1. The highest BCUT2D eigenvalue weighted by atomic mass is 16.3. The summed E-state index contributed by atoms with van der Waals surface area (Å²) in [5.74, 6) is 0. The van der Waals surface area contributed by atoms with Gasteiger partial charge in [-0.3, -0.25) is 4.68 Å². The van der Waals surface area contributed by atoms with Crippen LogP contribution < -0.4 is 5.32 Å². The van der Waals surface area contributed by atoms with Gasteiger partial charge in [-0.05, 0) is 19.3 Å². The molecule has 2 aromatic heterocycles. The molecule has 1 aliphatic rings. The van der Waals surface area contributed by atoms with E-state index in [0.717, 1.165) is 31.5 Å². The summed E-state index contributed by atoms with van der Waals surface area (Å²) >= 11 is 0. The number of imidazole rings is 1. The number of hydrogen-bond acceptors (Lipinski definition) is 4. The highest BCUT2D eigenvalue weighted by Crippen LogP contribution is 2.29. The average Bonchev–Trinajstić information content (AvgIpc) is 3.07. The second-order valence-corrected chi connectivity index (χ2v) is 4.90. The van der Waals surface area contributed by atoms with Gasteiger partial charge in [0.25, 0.3) is 0 Å². The van der Waals surface area contributed by atoms with Gasteiger partial charge in [-0.25, -0.2) is 4.98 Å². The summed E-state index contributed by atoms with van der Waals surface area (Å²) in [5, 5.41) is 17.0. The summed E-state index contributed by atoms with van der Waals surface area (Å²) in [7, 11) is 0. The van der Waals surface area contributed by atoms with Crippen molar-refractivity contribution < 1.29 is 5.11 Å². The van der Waals surface area contributed by atoms with Crippen molar-refractivity contribution in [2.45, 2.75) is 38.4 Å². The fourth-order valence-corrected chi connectivity index (χ4v) is 2.73. The monoisotopic (exact) mass is 261 g/mol. The molecule has 0 aliphatic heterocycles. The van der Waals surface area contributed by atoms with Crippen LogP contribution in [0.2, 0.25) is 0 Å². The summed E-state index contributed by atoms with van der Waals surface area (Å²) in [5.41, 5.74) is 3.64. The lowest BCUT2D eigenvalue weighted by molar-refractivity contribution is 0.266. The Bertz CT molecular complexity index is 519. The molecule has 2 heterocycles. The summed E-state index contributed by atoms with van der Waals surface area (Å²) in [6.07, 6.45) is 8.82. The van der Waals surface area contributed by atoms with Gasteiger partial charge in [0, 0.05) is 35.7 Å². The molecule has 0 amide bonds. The van der Waals surface area contributed by atoms with E-state index in [2.05, 4.69) is 20.4 Å². The molecule has 0 spiro atoms. The largest absolute Gasteiger partial charge is 0.394 e. The zero-order valence-electron chi connectivity index (χ0n) is 10.8. The molecule has 0 bridgehead atoms. The van der Waals surface area contributed by atoms with Crippen molar-refractivity contribution in [3.63, 3.8) is 0 Å². The van der Waals surface area contributed by atoms with E-state index in [4.69, 9.17) is 5.11 Å². The standard InChI is InChI=1S/C13H19N5O/c19-5-4-18-13-3-1-2-12(11(13)8-17-18)15-7-10-6-14-9-16-10/h6,8-9,12,15,19H,1-5,7H2,(H,14,16). The van der Waals surface area contributed by atoms with Gasteiger partial charge in [0.15, 0.2) is 0 Å². The second-order valence-electron chi connectivity index (χ2n) is 4.90. The maximum absolute atomic E-state index is 9.05. The van der Waals surface area contributed by atoms with Crippen LogP contribution in [-0.2, 0) is 19.5 Å². The molecular formula is C13H19N5O. The predicted molar refractivity (Wildman–Crippen MR) is 70.4 cm³/mol. The third kappa shape index (κ3) is 2.54. The van der Waals surface area contributed by atoms with Crippen molar-refractivity contribution >= 4 is 0 Å². The summed E-state index contributed by atoms with van der Waals surface area (Å²) < 4.78 is 1.93. The molecule has 19 heavy (non-hydrogen) atoms. The van der Waals surface area contributed by atoms with Crippen LogP contribution >= 0.6 is 0 Å². The van der Waals surface area contributed by atoms with Crippen LogP contribution in [0.4, 0.5) is 0 Å². The molecular weight excluding hydrogens is 242 g/mol. The topological polar surface area (TPSA) is 78.8 Å². The van der Waals surface area contributed by atoms with E-state index in [1.807, 2.05) is 17.1 Å². The number of aromatic nitrogens is 4. The van der Waals surface area contributed by atoms with Crippen molar-refractivity contribution in [1.29, 1.82) is 0 Å². The number of hydrogen-bond donors (Lipinski definition) is 3. The van der Waals surface area contributed by atoms with Gasteiger partial charge in [0.1, 0.15) is 0 Å². The fourth-order valence-electron chi connectivity index (χ4n) is 2.73. The Morgan fingerprint density at radius 1 is 1.47 bits per heavy atom. The maximum atomic E-state index is 9.05. The van der Waals surface area contributed by atoms with Crippen LogP contribution in [0.5, 0.6) is 0 Å². The van der Waals surface area contributed by atoms with Crippen LogP contribution in [0, 0.1) is 0 Å². The van der Waals surface area contributed by atoms with E-state index in [0.29, 0.717) is 12.6 Å². The summed E-state index contributed by atoms with van der Waals surface area (Å²) in [6.45, 7) is 1.51. The van der Waals surface area contributed by atoms with Gasteiger partial charge in [-0.1, -0.05) is 0 Å². The van der Waals surface area contributed by atoms with Gasteiger partial charge in [-0.15, -0.1) is 0 Å². The second kappa shape index (κ2) is 5.54. The predicted octanol–water partition coefficient (Wildman–Crippen LogP) is 0.766. The van der Waals surface area contributed by atoms with Crippen LogP contribution in [0.25, 0.3) is 0 Å². The number of rotatable bonds is 5. The van der Waals surface area contributed by atoms with Crippen molar-refractivity contribution in [2.75, 3.05) is 6.61 Å². The molecule has 0 saturated heterocycles. The van der Waals surface area contributed by atoms with Crippen LogP contribution in [0.15, 0.2) is 18.7 Å². The van der Waals surface area contributed by atoms with E-state index in [1.54, 1.807) is 6.33 Å². The molecule has 6 heteroatoms. The van der Waals surface area contributed by atoms with E-state index in [-0.39, 0.29) is 6.61 Å². The summed E-state index contributed by atoms with van der Waals surface area (Å²) in [6, 6.07) is 0.347. The van der Waals surface area contributed by atoms with Gasteiger partial charge >= 0.3 is 0 Å². The first-order valence-corrected chi connectivity index (χ1v) is 6.74. The molecule has 1 unspecified atom stereocenters. The molecule has 1 atom stereocenters. The smallest absolute Gasteiger partial charge is 0.0922 e. The molecule has 0 aromatic carbocycles. The lowest BCUT2D eigenvalue weighted by Gasteiger charge is -2.24. The third-order valence-electron chi connectivity index (χ3n) is 3.67. The zero-order valence-corrected chi connectivity index (χ0v) is 10.8. The normalized spacial score (nSPS) is 18.5. The molecule has 6 nitrogen and oxygen atoms in total. The minimum Gasteiger partial charge on any atom is -0.394 e. The Labute approximate surface area is 111 Å². The SMILES string of the molecule is OCCn1ncc2c1CCCC2NCc1cnc[nH]1. The first-order chi connectivity index (χ1) is 9.38. The Balaban J connectivity index is 1.71. The quantitative estimate of drug-likeness (QED) is 0.742. The Hall–Kier alpha value is -1.66. The lowest BCUT2D eigenvalue weighted by Crippen LogP contribution is -2.25. The summed E-state index contributed by atoms with van der Waals surface area (Å²) in [4.78, 5) is 7.12. The number of fused-ring (bicyclic) bond motifs is 1.